The Morgan fingerprint density at radius 1 is 1.12 bits per heavy atom. The number of carbonyl (C=O) groups is 1. The van der Waals surface area contributed by atoms with Gasteiger partial charge in [0.25, 0.3) is 5.91 Å². The summed E-state index contributed by atoms with van der Waals surface area (Å²) in [7, 11) is -1.93. The molecule has 0 spiro atoms. The Morgan fingerprint density at radius 3 is 2.38 bits per heavy atom. The van der Waals surface area contributed by atoms with Crippen LogP contribution in [-0.2, 0) is 10.0 Å². The number of benzene rings is 2. The second-order valence-electron chi connectivity index (χ2n) is 6.36. The van der Waals surface area contributed by atoms with E-state index < -0.39 is 10.0 Å². The van der Waals surface area contributed by atoms with Crippen molar-refractivity contribution < 1.29 is 17.9 Å². The Morgan fingerprint density at radius 2 is 1.77 bits per heavy atom. The van der Waals surface area contributed by atoms with Crippen LogP contribution in [0.15, 0.2) is 53.4 Å². The van der Waals surface area contributed by atoms with Gasteiger partial charge in [-0.15, -0.1) is 0 Å². The average Bonchev–Trinajstić information content (AvgIpc) is 3.45. The highest BCUT2D eigenvalue weighted by molar-refractivity contribution is 7.89. The first-order valence-corrected chi connectivity index (χ1v) is 9.95. The molecule has 2 N–H and O–H groups in total. The molecule has 1 atom stereocenters. The minimum absolute atomic E-state index is 0.0460. The van der Waals surface area contributed by atoms with Gasteiger partial charge < -0.3 is 10.1 Å². The molecule has 0 radical (unpaired) electrons. The molecule has 0 aliphatic heterocycles. The van der Waals surface area contributed by atoms with Gasteiger partial charge in [-0.25, -0.2) is 13.1 Å². The van der Waals surface area contributed by atoms with Crippen LogP contribution in [0.2, 0.25) is 0 Å². The van der Waals surface area contributed by atoms with Crippen molar-refractivity contribution in [3.63, 3.8) is 0 Å². The molecule has 7 heteroatoms. The minimum atomic E-state index is -3.51. The van der Waals surface area contributed by atoms with Crippen LogP contribution in [-0.4, -0.2) is 27.5 Å². The molecular formula is C19H22N2O4S. The quantitative estimate of drug-likeness (QED) is 0.780. The lowest BCUT2D eigenvalue weighted by molar-refractivity contribution is 0.0939. The average molecular weight is 374 g/mol. The number of amides is 1. The topological polar surface area (TPSA) is 84.5 Å². The first-order chi connectivity index (χ1) is 12.4. The van der Waals surface area contributed by atoms with E-state index in [4.69, 9.17) is 4.74 Å². The molecule has 1 fully saturated rings. The van der Waals surface area contributed by atoms with Crippen molar-refractivity contribution in [1.82, 2.24) is 10.0 Å². The maximum atomic E-state index is 12.5. The molecule has 1 saturated carbocycles. The van der Waals surface area contributed by atoms with Crippen molar-refractivity contribution in [2.24, 2.45) is 0 Å². The number of methoxy groups -OCH3 is 1. The van der Waals surface area contributed by atoms with Gasteiger partial charge in [0.15, 0.2) is 0 Å². The molecule has 26 heavy (non-hydrogen) atoms. The molecular weight excluding hydrogens is 352 g/mol. The van der Waals surface area contributed by atoms with E-state index >= 15 is 0 Å². The van der Waals surface area contributed by atoms with Crippen LogP contribution < -0.4 is 14.8 Å². The molecule has 0 heterocycles. The van der Waals surface area contributed by atoms with Crippen LogP contribution in [0, 0.1) is 0 Å². The molecule has 0 saturated heterocycles. The van der Waals surface area contributed by atoms with Crippen molar-refractivity contribution >= 4 is 15.9 Å². The largest absolute Gasteiger partial charge is 0.496 e. The van der Waals surface area contributed by atoms with Crippen molar-refractivity contribution in [2.45, 2.75) is 36.7 Å². The number of hydrogen-bond donors (Lipinski definition) is 2. The maximum absolute atomic E-state index is 12.5. The third kappa shape index (κ3) is 4.23. The lowest BCUT2D eigenvalue weighted by atomic mass is 10.1. The summed E-state index contributed by atoms with van der Waals surface area (Å²) in [6, 6.07) is 13.2. The van der Waals surface area contributed by atoms with E-state index in [1.54, 1.807) is 7.11 Å². The summed E-state index contributed by atoms with van der Waals surface area (Å²) in [5.74, 6) is 0.426. The van der Waals surface area contributed by atoms with Crippen molar-refractivity contribution in [3.8, 4) is 5.75 Å². The zero-order valence-corrected chi connectivity index (χ0v) is 15.5. The summed E-state index contributed by atoms with van der Waals surface area (Å²) in [6.45, 7) is 1.87. The highest BCUT2D eigenvalue weighted by Gasteiger charge is 2.28. The Balaban J connectivity index is 1.70. The first kappa shape index (κ1) is 18.4. The molecule has 1 unspecified atom stereocenters. The molecule has 3 rings (SSSR count). The lowest BCUT2D eigenvalue weighted by Crippen LogP contribution is -2.27. The highest BCUT2D eigenvalue weighted by Crippen LogP contribution is 2.25. The van der Waals surface area contributed by atoms with Gasteiger partial charge in [-0.05, 0) is 50.1 Å². The van der Waals surface area contributed by atoms with E-state index in [-0.39, 0.29) is 22.9 Å². The van der Waals surface area contributed by atoms with Gasteiger partial charge in [0.2, 0.25) is 10.0 Å². The van der Waals surface area contributed by atoms with E-state index in [0.29, 0.717) is 11.3 Å². The molecule has 2 aromatic rings. The van der Waals surface area contributed by atoms with Gasteiger partial charge >= 0.3 is 0 Å². The lowest BCUT2D eigenvalue weighted by Gasteiger charge is -2.17. The number of para-hydroxylation sites is 1. The third-order valence-corrected chi connectivity index (χ3v) is 5.82. The van der Waals surface area contributed by atoms with Gasteiger partial charge in [0, 0.05) is 17.2 Å². The van der Waals surface area contributed by atoms with E-state index in [1.807, 2.05) is 31.2 Å². The molecule has 6 nitrogen and oxygen atoms in total. The smallest absolute Gasteiger partial charge is 0.251 e. The fourth-order valence-electron chi connectivity index (χ4n) is 2.66. The SMILES string of the molecule is COc1ccccc1C(C)NC(=O)c1ccc(S(=O)(=O)NC2CC2)cc1. The zero-order chi connectivity index (χ0) is 18.7. The number of hydrogen-bond acceptors (Lipinski definition) is 4. The van der Waals surface area contributed by atoms with Crippen LogP contribution in [0.5, 0.6) is 5.75 Å². The standard InChI is InChI=1S/C19H22N2O4S/c1-13(17-5-3-4-6-18(17)25-2)20-19(22)14-7-11-16(12-8-14)26(23,24)21-15-9-10-15/h3-8,11-13,15,21H,9-10H2,1-2H3,(H,20,22). The fourth-order valence-corrected chi connectivity index (χ4v) is 3.96. The van der Waals surface area contributed by atoms with Crippen molar-refractivity contribution in [2.75, 3.05) is 7.11 Å². The molecule has 138 valence electrons. The van der Waals surface area contributed by atoms with Crippen LogP contribution in [0.4, 0.5) is 0 Å². The molecule has 1 aliphatic carbocycles. The van der Waals surface area contributed by atoms with Gasteiger partial charge in [0.05, 0.1) is 18.0 Å². The van der Waals surface area contributed by atoms with Crippen LogP contribution in [0.1, 0.15) is 41.7 Å². The second kappa shape index (κ2) is 7.47. The molecule has 2 aromatic carbocycles. The summed E-state index contributed by atoms with van der Waals surface area (Å²) >= 11 is 0. The predicted molar refractivity (Wildman–Crippen MR) is 98.7 cm³/mol. The van der Waals surface area contributed by atoms with Gasteiger partial charge in [-0.2, -0.15) is 0 Å². The maximum Gasteiger partial charge on any atom is 0.251 e. The van der Waals surface area contributed by atoms with Crippen molar-refractivity contribution in [1.29, 1.82) is 0 Å². The van der Waals surface area contributed by atoms with Gasteiger partial charge in [-0.1, -0.05) is 18.2 Å². The zero-order valence-electron chi connectivity index (χ0n) is 14.7. The molecule has 1 amide bonds. The van der Waals surface area contributed by atoms with Gasteiger partial charge in [0.1, 0.15) is 5.75 Å². The molecule has 1 aliphatic rings. The molecule has 0 aromatic heterocycles. The van der Waals surface area contributed by atoms with E-state index in [0.717, 1.165) is 18.4 Å². The minimum Gasteiger partial charge on any atom is -0.496 e. The van der Waals surface area contributed by atoms with Crippen LogP contribution >= 0.6 is 0 Å². The monoisotopic (exact) mass is 374 g/mol. The van der Waals surface area contributed by atoms with Gasteiger partial charge in [-0.3, -0.25) is 4.79 Å². The summed E-state index contributed by atoms with van der Waals surface area (Å²) in [5.41, 5.74) is 1.27. The van der Waals surface area contributed by atoms with Crippen LogP contribution in [0.25, 0.3) is 0 Å². The molecule has 0 bridgehead atoms. The summed E-state index contributed by atoms with van der Waals surface area (Å²) < 4.78 is 32.3. The number of nitrogens with one attached hydrogen (secondary N) is 2. The number of carbonyl (C=O) groups excluding carboxylic acids is 1. The Kier molecular flexibility index (Phi) is 5.29. The number of rotatable bonds is 7. The second-order valence-corrected chi connectivity index (χ2v) is 8.07. The fraction of sp³-hybridized carbons (Fsp3) is 0.316. The number of sulfonamides is 1. The summed E-state index contributed by atoms with van der Waals surface area (Å²) in [4.78, 5) is 12.6. The Bertz CT molecular complexity index is 890. The predicted octanol–water partition coefficient (Wildman–Crippen LogP) is 2.63. The Labute approximate surface area is 153 Å². The summed E-state index contributed by atoms with van der Waals surface area (Å²) in [6.07, 6.45) is 1.75. The van der Waals surface area contributed by atoms with E-state index in [9.17, 15) is 13.2 Å². The summed E-state index contributed by atoms with van der Waals surface area (Å²) in [5, 5.41) is 2.90. The highest BCUT2D eigenvalue weighted by atomic mass is 32.2. The first-order valence-electron chi connectivity index (χ1n) is 8.47. The number of ether oxygens (including phenoxy) is 1. The Hall–Kier alpha value is -2.38. The van der Waals surface area contributed by atoms with Crippen molar-refractivity contribution in [3.05, 3.63) is 59.7 Å². The van der Waals surface area contributed by atoms with Crippen LogP contribution in [0.3, 0.4) is 0 Å². The third-order valence-electron chi connectivity index (χ3n) is 4.28. The van der Waals surface area contributed by atoms with E-state index in [1.165, 1.54) is 24.3 Å². The van der Waals surface area contributed by atoms with E-state index in [2.05, 4.69) is 10.0 Å². The normalized spacial score (nSPS) is 15.3.